The zero-order chi connectivity index (χ0) is 17.1. The first kappa shape index (κ1) is 16.5. The van der Waals surface area contributed by atoms with Crippen LogP contribution >= 0.6 is 0 Å². The Kier molecular flexibility index (Phi) is 4.86. The van der Waals surface area contributed by atoms with Crippen LogP contribution < -0.4 is 4.90 Å². The SMILES string of the molecule is Cc1cccc(C(=O)N2CCOC(c3ccc(N(C)C)cc3)C2)c1. The van der Waals surface area contributed by atoms with Gasteiger partial charge in [0, 0.05) is 31.9 Å². The Labute approximate surface area is 143 Å². The summed E-state index contributed by atoms with van der Waals surface area (Å²) in [7, 11) is 4.04. The molecule has 1 fully saturated rings. The van der Waals surface area contributed by atoms with E-state index in [-0.39, 0.29) is 12.0 Å². The van der Waals surface area contributed by atoms with E-state index in [2.05, 4.69) is 29.2 Å². The number of ether oxygens (including phenoxy) is 1. The van der Waals surface area contributed by atoms with Gasteiger partial charge < -0.3 is 14.5 Å². The first-order valence-electron chi connectivity index (χ1n) is 8.29. The molecule has 0 saturated carbocycles. The lowest BCUT2D eigenvalue weighted by atomic mass is 10.1. The molecule has 4 heteroatoms. The van der Waals surface area contributed by atoms with E-state index in [1.165, 1.54) is 0 Å². The molecule has 1 atom stereocenters. The van der Waals surface area contributed by atoms with Gasteiger partial charge in [-0.1, -0.05) is 29.8 Å². The number of benzene rings is 2. The molecule has 1 heterocycles. The summed E-state index contributed by atoms with van der Waals surface area (Å²) in [6.45, 7) is 3.80. The minimum atomic E-state index is -0.0660. The Morgan fingerprint density at radius 1 is 1.17 bits per heavy atom. The molecule has 3 rings (SSSR count). The minimum absolute atomic E-state index is 0.0660. The Hall–Kier alpha value is -2.33. The van der Waals surface area contributed by atoms with E-state index < -0.39 is 0 Å². The van der Waals surface area contributed by atoms with Gasteiger partial charge in [-0.15, -0.1) is 0 Å². The second-order valence-electron chi connectivity index (χ2n) is 6.47. The molecular weight excluding hydrogens is 300 g/mol. The first-order valence-corrected chi connectivity index (χ1v) is 8.29. The summed E-state index contributed by atoms with van der Waals surface area (Å²) in [5, 5.41) is 0. The van der Waals surface area contributed by atoms with Gasteiger partial charge in [0.1, 0.15) is 6.10 Å². The standard InChI is InChI=1S/C20H24N2O2/c1-15-5-4-6-17(13-15)20(23)22-11-12-24-19(14-22)16-7-9-18(10-8-16)21(2)3/h4-10,13,19H,11-12,14H2,1-3H3. The summed E-state index contributed by atoms with van der Waals surface area (Å²) in [6, 6.07) is 16.1. The second kappa shape index (κ2) is 7.05. The molecule has 1 saturated heterocycles. The number of hydrogen-bond donors (Lipinski definition) is 0. The molecule has 1 aliphatic heterocycles. The average Bonchev–Trinajstić information content (AvgIpc) is 2.61. The summed E-state index contributed by atoms with van der Waals surface area (Å²) < 4.78 is 5.90. The van der Waals surface area contributed by atoms with Crippen LogP contribution in [0.15, 0.2) is 48.5 Å². The zero-order valence-corrected chi connectivity index (χ0v) is 14.5. The van der Waals surface area contributed by atoms with Gasteiger partial charge in [0.2, 0.25) is 0 Å². The first-order chi connectivity index (χ1) is 11.5. The van der Waals surface area contributed by atoms with Gasteiger partial charge in [0.15, 0.2) is 0 Å². The molecule has 126 valence electrons. The van der Waals surface area contributed by atoms with Crippen LogP contribution in [0.3, 0.4) is 0 Å². The van der Waals surface area contributed by atoms with Gasteiger partial charge in [-0.25, -0.2) is 0 Å². The number of nitrogens with zero attached hydrogens (tertiary/aromatic N) is 2. The third kappa shape index (κ3) is 3.60. The average molecular weight is 324 g/mol. The molecule has 0 N–H and O–H groups in total. The lowest BCUT2D eigenvalue weighted by Crippen LogP contribution is -2.42. The Morgan fingerprint density at radius 2 is 1.92 bits per heavy atom. The molecule has 0 aromatic heterocycles. The number of carbonyl (C=O) groups excluding carboxylic acids is 1. The predicted molar refractivity (Wildman–Crippen MR) is 96.5 cm³/mol. The number of hydrogen-bond acceptors (Lipinski definition) is 3. The molecule has 4 nitrogen and oxygen atoms in total. The second-order valence-corrected chi connectivity index (χ2v) is 6.47. The molecule has 0 aliphatic carbocycles. The largest absolute Gasteiger partial charge is 0.378 e. The van der Waals surface area contributed by atoms with Crippen LogP contribution in [0.4, 0.5) is 5.69 Å². The Morgan fingerprint density at radius 3 is 2.58 bits per heavy atom. The van der Waals surface area contributed by atoms with E-state index >= 15 is 0 Å². The number of anilines is 1. The number of morpholine rings is 1. The smallest absolute Gasteiger partial charge is 0.254 e. The molecule has 1 unspecified atom stereocenters. The van der Waals surface area contributed by atoms with Crippen molar-refractivity contribution in [3.8, 4) is 0 Å². The van der Waals surface area contributed by atoms with E-state index in [0.717, 1.165) is 22.4 Å². The fraction of sp³-hybridized carbons (Fsp3) is 0.350. The van der Waals surface area contributed by atoms with Crippen molar-refractivity contribution in [2.75, 3.05) is 38.7 Å². The van der Waals surface area contributed by atoms with Crippen molar-refractivity contribution >= 4 is 11.6 Å². The van der Waals surface area contributed by atoms with Crippen molar-refractivity contribution in [3.63, 3.8) is 0 Å². The van der Waals surface area contributed by atoms with Crippen molar-refractivity contribution in [1.82, 2.24) is 4.90 Å². The van der Waals surface area contributed by atoms with Crippen molar-refractivity contribution < 1.29 is 9.53 Å². The van der Waals surface area contributed by atoms with Crippen LogP contribution in [0.25, 0.3) is 0 Å². The fourth-order valence-corrected chi connectivity index (χ4v) is 2.98. The van der Waals surface area contributed by atoms with E-state index in [1.54, 1.807) is 0 Å². The van der Waals surface area contributed by atoms with Crippen LogP contribution in [0.2, 0.25) is 0 Å². The molecule has 0 bridgehead atoms. The van der Waals surface area contributed by atoms with Crippen LogP contribution in [-0.2, 0) is 4.74 Å². The highest BCUT2D eigenvalue weighted by Gasteiger charge is 2.26. The van der Waals surface area contributed by atoms with Gasteiger partial charge in [0.05, 0.1) is 13.2 Å². The molecule has 0 radical (unpaired) electrons. The van der Waals surface area contributed by atoms with E-state index in [4.69, 9.17) is 4.74 Å². The topological polar surface area (TPSA) is 32.8 Å². The van der Waals surface area contributed by atoms with E-state index in [9.17, 15) is 4.79 Å². The summed E-state index contributed by atoms with van der Waals surface area (Å²) in [4.78, 5) is 16.7. The third-order valence-corrected chi connectivity index (χ3v) is 4.40. The summed E-state index contributed by atoms with van der Waals surface area (Å²) in [5.74, 6) is 0.0805. The monoisotopic (exact) mass is 324 g/mol. The highest BCUT2D eigenvalue weighted by atomic mass is 16.5. The maximum absolute atomic E-state index is 12.7. The van der Waals surface area contributed by atoms with Gasteiger partial charge in [-0.3, -0.25) is 4.79 Å². The lowest BCUT2D eigenvalue weighted by Gasteiger charge is -2.33. The van der Waals surface area contributed by atoms with Crippen molar-refractivity contribution in [1.29, 1.82) is 0 Å². The normalized spacial score (nSPS) is 17.6. The summed E-state index contributed by atoms with van der Waals surface area (Å²) in [6.07, 6.45) is -0.0660. The Balaban J connectivity index is 1.73. The Bertz CT molecular complexity index is 710. The molecule has 1 amide bonds. The van der Waals surface area contributed by atoms with Crippen LogP contribution in [0.1, 0.15) is 27.6 Å². The molecule has 1 aliphatic rings. The van der Waals surface area contributed by atoms with Gasteiger partial charge in [-0.05, 0) is 36.8 Å². The molecule has 2 aromatic rings. The molecule has 0 spiro atoms. The van der Waals surface area contributed by atoms with Crippen molar-refractivity contribution in [2.24, 2.45) is 0 Å². The lowest BCUT2D eigenvalue weighted by molar-refractivity contribution is -0.0228. The quantitative estimate of drug-likeness (QED) is 0.869. The fourth-order valence-electron chi connectivity index (χ4n) is 2.98. The van der Waals surface area contributed by atoms with Gasteiger partial charge in [0.25, 0.3) is 5.91 Å². The number of rotatable bonds is 3. The van der Waals surface area contributed by atoms with E-state index in [1.807, 2.05) is 50.2 Å². The summed E-state index contributed by atoms with van der Waals surface area (Å²) >= 11 is 0. The third-order valence-electron chi connectivity index (χ3n) is 4.40. The maximum atomic E-state index is 12.7. The molecular formula is C20H24N2O2. The van der Waals surface area contributed by atoms with Crippen LogP contribution in [0.5, 0.6) is 0 Å². The van der Waals surface area contributed by atoms with Gasteiger partial charge in [-0.2, -0.15) is 0 Å². The minimum Gasteiger partial charge on any atom is -0.378 e. The molecule has 24 heavy (non-hydrogen) atoms. The van der Waals surface area contributed by atoms with E-state index in [0.29, 0.717) is 19.7 Å². The summed E-state index contributed by atoms with van der Waals surface area (Å²) in [5.41, 5.74) is 4.12. The van der Waals surface area contributed by atoms with Crippen LogP contribution in [0, 0.1) is 6.92 Å². The van der Waals surface area contributed by atoms with Crippen LogP contribution in [-0.4, -0.2) is 44.6 Å². The number of carbonyl (C=O) groups is 1. The maximum Gasteiger partial charge on any atom is 0.254 e. The highest BCUT2D eigenvalue weighted by molar-refractivity contribution is 5.94. The van der Waals surface area contributed by atoms with Crippen molar-refractivity contribution in [3.05, 3.63) is 65.2 Å². The highest BCUT2D eigenvalue weighted by Crippen LogP contribution is 2.25. The predicted octanol–water partition coefficient (Wildman–Crippen LogP) is 3.27. The van der Waals surface area contributed by atoms with Crippen molar-refractivity contribution in [2.45, 2.75) is 13.0 Å². The zero-order valence-electron chi connectivity index (χ0n) is 14.5. The molecule has 2 aromatic carbocycles. The number of aryl methyl sites for hydroxylation is 1. The number of amides is 1. The van der Waals surface area contributed by atoms with Gasteiger partial charge >= 0.3 is 0 Å².